The number of rotatable bonds is 0. The van der Waals surface area contributed by atoms with Gasteiger partial charge in [0.1, 0.15) is 0 Å². The van der Waals surface area contributed by atoms with Crippen LogP contribution in [0.4, 0.5) is 0 Å². The van der Waals surface area contributed by atoms with E-state index in [9.17, 15) is 0 Å². The van der Waals surface area contributed by atoms with Crippen molar-refractivity contribution >= 4 is 11.0 Å². The van der Waals surface area contributed by atoms with Gasteiger partial charge < -0.3 is 244 Å². The molecule has 0 aromatic carbocycles. The maximum Gasteiger partial charge on any atom is 0.0661 e. The van der Waals surface area contributed by atoms with E-state index in [1.165, 1.54) is 24.5 Å². The van der Waals surface area contributed by atoms with Crippen molar-refractivity contribution in [2.75, 3.05) is 106 Å². The van der Waals surface area contributed by atoms with Crippen LogP contribution in [0.3, 0.4) is 0 Å². The summed E-state index contributed by atoms with van der Waals surface area (Å²) in [5.74, 6) is 0. The minimum absolute atomic E-state index is 0. The van der Waals surface area contributed by atoms with Gasteiger partial charge >= 0.3 is 0 Å². The molecule has 0 aliphatic heterocycles. The van der Waals surface area contributed by atoms with Crippen LogP contribution in [0, 0.1) is 0 Å². The van der Waals surface area contributed by atoms with Crippen LogP contribution in [-0.4, -0.2) is 336 Å². The predicted octanol–water partition coefficient (Wildman–Crippen LogP) is -39.6. The van der Waals surface area contributed by atoms with Gasteiger partial charge in [-0.05, 0) is 0 Å². The van der Waals surface area contributed by atoms with Crippen molar-refractivity contribution in [3.8, 4) is 0 Å². The van der Waals surface area contributed by atoms with Crippen LogP contribution >= 0.6 is 0 Å². The molecular weight excluding hydrogens is 3120 g/mol. The normalized spacial score (nSPS) is 2.47. The molecule has 0 rings (SSSR count). The fraction of sp³-hybridized carbons (Fsp3) is 1.00. The third kappa shape index (κ3) is 10200. The van der Waals surface area contributed by atoms with Crippen molar-refractivity contribution in [1.82, 2.24) is 0 Å². The van der Waals surface area contributed by atoms with E-state index in [4.69, 9.17) is 0 Å². The van der Waals surface area contributed by atoms with E-state index in [0.29, 0.717) is 0 Å². The smallest absolute Gasteiger partial charge is 0.0661 e. The molecule has 0 fully saturated rings. The SMILES string of the molecule is C[NH+](C)C.C[NH+](C)C.C[NH+](C)C.C[NH+](C)C.C[NH+](C)C.O.O.O.O.O.O.O.O.O.O.O.O.O.O.O.O.O.O.O.O.O.O.O.O.O.O.O.O.O.O.O.O.O.O.O.O.O.O.O.O.[Si].[Ta].[W].[W].[W].[W].[W].[W].[W].[W].[W].[W].[W]. The average Bonchev–Trinajstić information content (AvgIpc) is 1.94. The minimum Gasteiger partial charge on any atom is -0.412 e. The molecule has 45 nitrogen and oxygen atoms in total. The molecule has 0 aliphatic carbocycles. The molecule has 0 saturated heterocycles. The Hall–Kier alpha value is 6.73. The summed E-state index contributed by atoms with van der Waals surface area (Å²) in [7, 11) is 31.2. The molecule has 0 aliphatic rings. The summed E-state index contributed by atoms with van der Waals surface area (Å²) in [6, 6.07) is 0. The molecule has 0 atom stereocenters. The molecule has 525 valence electrons. The number of hydrogen-bond acceptors (Lipinski definition) is 0. The van der Waals surface area contributed by atoms with Crippen LogP contribution in [0.5, 0.6) is 0 Å². The summed E-state index contributed by atoms with van der Waals surface area (Å²) in [5, 5.41) is 0. The quantitative estimate of drug-likeness (QED) is 0.141. The van der Waals surface area contributed by atoms with Gasteiger partial charge in [-0.3, -0.25) is 0 Å². The van der Waals surface area contributed by atoms with Crippen molar-refractivity contribution in [3.05, 3.63) is 0 Å². The predicted molar refractivity (Wildman–Crippen MR) is 244 cm³/mol. The van der Waals surface area contributed by atoms with Crippen LogP contribution in [0.1, 0.15) is 0 Å². The Kier molecular flexibility index (Phi) is 14400. The first-order valence-corrected chi connectivity index (χ1v) is 7.50. The van der Waals surface area contributed by atoms with Crippen molar-refractivity contribution < 1.29 is 498 Å². The molecule has 0 heterocycles. The Morgan fingerprint density at radius 3 is 0.110 bits per heavy atom. The first kappa shape index (κ1) is 1050. The third-order valence-electron chi connectivity index (χ3n) is 0. The van der Waals surface area contributed by atoms with Gasteiger partial charge in [0.15, 0.2) is 0 Å². The largest absolute Gasteiger partial charge is 0.412 e. The van der Waals surface area contributed by atoms with Crippen LogP contribution in [0.15, 0.2) is 0 Å². The van der Waals surface area contributed by atoms with E-state index in [-0.39, 0.29) is 484 Å². The van der Waals surface area contributed by atoms with Crippen LogP contribution in [0.2, 0.25) is 0 Å². The van der Waals surface area contributed by atoms with Gasteiger partial charge in [-0.2, -0.15) is 0 Å². The molecule has 0 bridgehead atoms. The summed E-state index contributed by atoms with van der Waals surface area (Å²) in [6.07, 6.45) is 0. The molecule has 0 saturated carbocycles. The first-order chi connectivity index (χ1) is 8.66. The Bertz CT molecular complexity index is 189. The summed E-state index contributed by atoms with van der Waals surface area (Å²) < 4.78 is 0. The molecule has 0 amide bonds. The molecule has 0 aromatic heterocycles. The molecule has 85 N–H and O–H groups in total. The molecule has 58 heteroatoms. The van der Waals surface area contributed by atoms with Crippen LogP contribution in [0.25, 0.3) is 0 Å². The summed E-state index contributed by atoms with van der Waals surface area (Å²) >= 11 is 0. The van der Waals surface area contributed by atoms with Gasteiger partial charge in [-0.15, -0.1) is 0 Å². The average molecular weight is 3250 g/mol. The summed E-state index contributed by atoms with van der Waals surface area (Å²) in [4.78, 5) is 7.08. The van der Waals surface area contributed by atoms with Crippen molar-refractivity contribution in [2.24, 2.45) is 0 Å². The Balaban J connectivity index is -0.000000000582. The number of hydrogen-bond donors (Lipinski definition) is 5. The second kappa shape index (κ2) is 1010. The molecule has 0 aromatic rings. The topological polar surface area (TPSA) is 1280 Å². The molecule has 0 spiro atoms. The van der Waals surface area contributed by atoms with Crippen molar-refractivity contribution in [2.45, 2.75) is 0 Å². The zero-order chi connectivity index (χ0) is 17.9. The fourth-order valence-corrected chi connectivity index (χ4v) is 0. The first-order valence-electron chi connectivity index (χ1n) is 7.50. The van der Waals surface area contributed by atoms with E-state index in [1.54, 1.807) is 0 Å². The Morgan fingerprint density at radius 2 is 0.110 bits per heavy atom. The molecule has 0 unspecified atom stereocenters. The standard InChI is InChI=1S/5C3H9N.40H2O.Si.Ta.11W/c5*1-4(2)3;;;;;;;;;;;;;;;;;;;;;;;;;;;;;;;;;;;;;;;;;;;;;;;;;;;;;/h5*1-3H3;40*1H2;;;;;;;;;;;;;/p+5. The Morgan fingerprint density at radius 1 is 0.110 bits per heavy atom. The van der Waals surface area contributed by atoms with Crippen molar-refractivity contribution in [3.63, 3.8) is 0 Å². The number of quaternary nitrogens is 5. The second-order valence-electron chi connectivity index (χ2n) is 7.50. The molecular formula is C15H130N5O40SiTaW11+5. The second-order valence-corrected chi connectivity index (χ2v) is 7.50. The zero-order valence-electron chi connectivity index (χ0n) is 42.9. The zero-order valence-corrected chi connectivity index (χ0v) is 79.4. The monoisotopic (exact) mass is 3250 g/mol. The van der Waals surface area contributed by atoms with Gasteiger partial charge in [-0.25, -0.2) is 0 Å². The van der Waals surface area contributed by atoms with Crippen molar-refractivity contribution in [1.29, 1.82) is 0 Å². The van der Waals surface area contributed by atoms with Crippen LogP contribution in [-0.2, 0) is 254 Å². The van der Waals surface area contributed by atoms with Gasteiger partial charge in [0.2, 0.25) is 0 Å². The maximum absolute atomic E-state index is 2.08. The van der Waals surface area contributed by atoms with Gasteiger partial charge in [-0.1, -0.05) is 0 Å². The molecule has 5 radical (unpaired) electrons. The fourth-order valence-electron chi connectivity index (χ4n) is 0. The van der Waals surface area contributed by atoms with E-state index in [0.717, 1.165) is 0 Å². The van der Waals surface area contributed by atoms with Crippen LogP contribution < -0.4 is 24.5 Å². The van der Waals surface area contributed by atoms with Gasteiger partial charge in [0.25, 0.3) is 0 Å². The van der Waals surface area contributed by atoms with Gasteiger partial charge in [0, 0.05) is 265 Å². The minimum atomic E-state index is 0. The van der Waals surface area contributed by atoms with E-state index in [1.807, 2.05) is 0 Å². The molecule has 73 heavy (non-hydrogen) atoms. The summed E-state index contributed by atoms with van der Waals surface area (Å²) in [5.41, 5.74) is 0. The van der Waals surface area contributed by atoms with E-state index < -0.39 is 0 Å². The maximum atomic E-state index is 2.08. The number of nitrogens with one attached hydrogen (secondary N) is 5. The Labute approximate surface area is 607 Å². The van der Waals surface area contributed by atoms with E-state index >= 15 is 0 Å². The van der Waals surface area contributed by atoms with E-state index in [2.05, 4.69) is 106 Å². The summed E-state index contributed by atoms with van der Waals surface area (Å²) in [6.45, 7) is 0. The third-order valence-corrected chi connectivity index (χ3v) is 0. The van der Waals surface area contributed by atoms with Gasteiger partial charge in [0.05, 0.1) is 106 Å².